The van der Waals surface area contributed by atoms with Gasteiger partial charge in [-0.1, -0.05) is 13.8 Å². The minimum atomic E-state index is -2.93. The van der Waals surface area contributed by atoms with E-state index in [1.54, 1.807) is 4.90 Å². The lowest BCUT2D eigenvalue weighted by Crippen LogP contribution is -2.27. The lowest BCUT2D eigenvalue weighted by atomic mass is 10.0. The molecule has 0 unspecified atom stereocenters. The van der Waals surface area contributed by atoms with Crippen molar-refractivity contribution in [1.82, 2.24) is 14.9 Å². The second-order valence-electron chi connectivity index (χ2n) is 7.08. The van der Waals surface area contributed by atoms with Gasteiger partial charge in [0.1, 0.15) is 5.82 Å². The summed E-state index contributed by atoms with van der Waals surface area (Å²) in [6, 6.07) is 0. The number of hydrogen-bond donors (Lipinski definition) is 0. The number of carbonyl (C=O) groups is 1. The highest BCUT2D eigenvalue weighted by Gasteiger charge is 2.32. The smallest absolute Gasteiger partial charge is 0.223 e. The van der Waals surface area contributed by atoms with E-state index in [9.17, 15) is 13.2 Å². The molecule has 1 aromatic heterocycles. The van der Waals surface area contributed by atoms with Gasteiger partial charge in [0.15, 0.2) is 9.84 Å². The monoisotopic (exact) mass is 337 g/mol. The molecule has 0 spiro atoms. The quantitative estimate of drug-likeness (QED) is 0.828. The van der Waals surface area contributed by atoms with E-state index in [1.807, 2.05) is 6.20 Å². The molecule has 7 heteroatoms. The molecule has 1 aromatic rings. The molecular weight excluding hydrogens is 314 g/mol. The molecule has 23 heavy (non-hydrogen) atoms. The van der Waals surface area contributed by atoms with Crippen molar-refractivity contribution in [1.29, 1.82) is 0 Å². The third-order valence-electron chi connectivity index (χ3n) is 4.44. The molecule has 2 aliphatic heterocycles. The van der Waals surface area contributed by atoms with E-state index in [0.29, 0.717) is 31.8 Å². The van der Waals surface area contributed by atoms with Crippen molar-refractivity contribution in [2.45, 2.75) is 46.2 Å². The number of hydrogen-bond acceptors (Lipinski definition) is 5. The van der Waals surface area contributed by atoms with Crippen LogP contribution < -0.4 is 0 Å². The second kappa shape index (κ2) is 6.19. The van der Waals surface area contributed by atoms with Crippen molar-refractivity contribution in [2.75, 3.05) is 11.5 Å². The van der Waals surface area contributed by atoms with Crippen molar-refractivity contribution in [3.05, 3.63) is 23.3 Å². The third kappa shape index (κ3) is 3.88. The van der Waals surface area contributed by atoms with Crippen molar-refractivity contribution >= 4 is 15.7 Å². The molecular formula is C16H23N3O3S. The zero-order chi connectivity index (χ0) is 16.6. The Bertz CT molecular complexity index is 715. The molecule has 0 aromatic carbocycles. The summed E-state index contributed by atoms with van der Waals surface area (Å²) >= 11 is 0. The van der Waals surface area contributed by atoms with Crippen molar-refractivity contribution in [3.8, 4) is 0 Å². The van der Waals surface area contributed by atoms with Crippen LogP contribution in [0.4, 0.5) is 0 Å². The molecule has 6 nitrogen and oxygen atoms in total. The van der Waals surface area contributed by atoms with Crippen LogP contribution >= 0.6 is 0 Å². The summed E-state index contributed by atoms with van der Waals surface area (Å²) in [5.41, 5.74) is 1.94. The molecule has 0 saturated carbocycles. The normalized spacial score (nSPS) is 22.6. The van der Waals surface area contributed by atoms with Crippen LogP contribution in [0, 0.1) is 11.8 Å². The van der Waals surface area contributed by atoms with Gasteiger partial charge in [-0.15, -0.1) is 0 Å². The minimum Gasteiger partial charge on any atom is -0.332 e. The first-order valence-electron chi connectivity index (χ1n) is 8.14. The Kier molecular flexibility index (Phi) is 4.40. The van der Waals surface area contributed by atoms with Gasteiger partial charge in [0.05, 0.1) is 23.7 Å². The zero-order valence-electron chi connectivity index (χ0n) is 13.7. The number of carbonyl (C=O) groups excluding carboxylic acids is 1. The van der Waals surface area contributed by atoms with E-state index in [1.165, 1.54) is 0 Å². The van der Waals surface area contributed by atoms with Gasteiger partial charge in [0.2, 0.25) is 5.91 Å². The number of nitrogens with zero attached hydrogens (tertiary/aromatic N) is 3. The van der Waals surface area contributed by atoms with Crippen LogP contribution in [0.3, 0.4) is 0 Å². The maximum atomic E-state index is 12.4. The standard InChI is InChI=1S/C16H23N3O3S/c1-11(2)5-15-17-7-13-8-19(9-14(13)18-15)16(20)6-12-3-4-23(21,22)10-12/h7,11-12H,3-6,8-10H2,1-2H3/t12-/m1/s1. The predicted octanol–water partition coefficient (Wildman–Crippen LogP) is 1.34. The Morgan fingerprint density at radius 1 is 1.39 bits per heavy atom. The molecule has 0 N–H and O–H groups in total. The van der Waals surface area contributed by atoms with Crippen molar-refractivity contribution in [3.63, 3.8) is 0 Å². The van der Waals surface area contributed by atoms with E-state index in [0.717, 1.165) is 23.5 Å². The first-order chi connectivity index (χ1) is 10.8. The molecule has 1 fully saturated rings. The fraction of sp³-hybridized carbons (Fsp3) is 0.688. The molecule has 3 rings (SSSR count). The van der Waals surface area contributed by atoms with Crippen LogP contribution in [0.1, 0.15) is 43.8 Å². The summed E-state index contributed by atoms with van der Waals surface area (Å²) in [7, 11) is -2.93. The van der Waals surface area contributed by atoms with Gasteiger partial charge in [0.25, 0.3) is 0 Å². The molecule has 0 bridgehead atoms. The van der Waals surface area contributed by atoms with Gasteiger partial charge < -0.3 is 4.90 Å². The van der Waals surface area contributed by atoms with Crippen molar-refractivity contribution in [2.24, 2.45) is 11.8 Å². The Balaban J connectivity index is 1.61. The van der Waals surface area contributed by atoms with Gasteiger partial charge in [-0.2, -0.15) is 0 Å². The average molecular weight is 337 g/mol. The summed E-state index contributed by atoms with van der Waals surface area (Å²) in [6.07, 6.45) is 3.58. The lowest BCUT2D eigenvalue weighted by Gasteiger charge is -2.17. The minimum absolute atomic E-state index is 0.0236. The Morgan fingerprint density at radius 2 is 2.17 bits per heavy atom. The summed E-state index contributed by atoms with van der Waals surface area (Å²) in [5, 5.41) is 0. The lowest BCUT2D eigenvalue weighted by molar-refractivity contribution is -0.132. The fourth-order valence-corrected chi connectivity index (χ4v) is 5.11. The van der Waals surface area contributed by atoms with E-state index < -0.39 is 9.84 Å². The van der Waals surface area contributed by atoms with Crippen LogP contribution in [-0.2, 0) is 34.1 Å². The van der Waals surface area contributed by atoms with Crippen LogP contribution in [0.15, 0.2) is 6.20 Å². The molecule has 3 heterocycles. The van der Waals surface area contributed by atoms with Gasteiger partial charge >= 0.3 is 0 Å². The number of rotatable bonds is 4. The van der Waals surface area contributed by atoms with Crippen LogP contribution in [0.2, 0.25) is 0 Å². The van der Waals surface area contributed by atoms with Crippen LogP contribution in [0.5, 0.6) is 0 Å². The van der Waals surface area contributed by atoms with E-state index in [-0.39, 0.29) is 23.3 Å². The molecule has 0 radical (unpaired) electrons. The zero-order valence-corrected chi connectivity index (χ0v) is 14.5. The maximum absolute atomic E-state index is 12.4. The van der Waals surface area contributed by atoms with Crippen LogP contribution in [0.25, 0.3) is 0 Å². The highest BCUT2D eigenvalue weighted by atomic mass is 32.2. The number of amides is 1. The van der Waals surface area contributed by atoms with Gasteiger partial charge in [-0.05, 0) is 18.3 Å². The van der Waals surface area contributed by atoms with E-state index >= 15 is 0 Å². The predicted molar refractivity (Wildman–Crippen MR) is 86.2 cm³/mol. The molecule has 2 aliphatic rings. The van der Waals surface area contributed by atoms with Crippen LogP contribution in [-0.4, -0.2) is 40.7 Å². The first-order valence-corrected chi connectivity index (χ1v) is 9.96. The van der Waals surface area contributed by atoms with E-state index in [2.05, 4.69) is 23.8 Å². The molecule has 1 atom stereocenters. The van der Waals surface area contributed by atoms with E-state index in [4.69, 9.17) is 0 Å². The SMILES string of the molecule is CC(C)Cc1ncc2c(n1)CN(C(=O)C[C@H]1CCS(=O)(=O)C1)C2. The Labute approximate surface area is 137 Å². The summed E-state index contributed by atoms with van der Waals surface area (Å²) in [4.78, 5) is 23.2. The average Bonchev–Trinajstić information content (AvgIpc) is 3.01. The van der Waals surface area contributed by atoms with Gasteiger partial charge in [0, 0.05) is 31.1 Å². The summed E-state index contributed by atoms with van der Waals surface area (Å²) in [5.74, 6) is 1.69. The Morgan fingerprint density at radius 3 is 2.83 bits per heavy atom. The van der Waals surface area contributed by atoms with Gasteiger partial charge in [-0.25, -0.2) is 18.4 Å². The summed E-state index contributed by atoms with van der Waals surface area (Å²) in [6.45, 7) is 5.31. The highest BCUT2D eigenvalue weighted by Crippen LogP contribution is 2.26. The molecule has 0 aliphatic carbocycles. The second-order valence-corrected chi connectivity index (χ2v) is 9.31. The first kappa shape index (κ1) is 16.4. The highest BCUT2D eigenvalue weighted by molar-refractivity contribution is 7.91. The fourth-order valence-electron chi connectivity index (χ4n) is 3.24. The third-order valence-corrected chi connectivity index (χ3v) is 6.28. The maximum Gasteiger partial charge on any atom is 0.223 e. The van der Waals surface area contributed by atoms with Crippen molar-refractivity contribution < 1.29 is 13.2 Å². The summed E-state index contributed by atoms with van der Waals surface area (Å²) < 4.78 is 23.0. The number of aromatic nitrogens is 2. The molecule has 1 saturated heterocycles. The number of sulfone groups is 1. The molecule has 1 amide bonds. The number of fused-ring (bicyclic) bond motifs is 1. The molecule has 126 valence electrons. The van der Waals surface area contributed by atoms with Gasteiger partial charge in [-0.3, -0.25) is 4.79 Å². The topological polar surface area (TPSA) is 80.2 Å². The largest absolute Gasteiger partial charge is 0.332 e. The Hall–Kier alpha value is -1.50.